The SMILES string of the molecule is Cc1nc(Cl)nc(NCC2CCCC(C)C2)c1[N+](=O)[O-]. The molecule has 7 heteroatoms. The van der Waals surface area contributed by atoms with Gasteiger partial charge in [0.25, 0.3) is 0 Å². The summed E-state index contributed by atoms with van der Waals surface area (Å²) in [5.74, 6) is 1.49. The van der Waals surface area contributed by atoms with Crippen molar-refractivity contribution in [3.63, 3.8) is 0 Å². The molecule has 20 heavy (non-hydrogen) atoms. The quantitative estimate of drug-likeness (QED) is 0.522. The van der Waals surface area contributed by atoms with E-state index in [2.05, 4.69) is 22.2 Å². The lowest BCUT2D eigenvalue weighted by atomic mass is 9.82. The number of hydrogen-bond donors (Lipinski definition) is 1. The second-order valence-electron chi connectivity index (χ2n) is 5.55. The Morgan fingerprint density at radius 2 is 2.20 bits per heavy atom. The van der Waals surface area contributed by atoms with E-state index in [1.54, 1.807) is 6.92 Å². The zero-order valence-electron chi connectivity index (χ0n) is 11.7. The summed E-state index contributed by atoms with van der Waals surface area (Å²) in [5.41, 5.74) is 0.202. The minimum Gasteiger partial charge on any atom is -0.364 e. The first kappa shape index (κ1) is 15.0. The molecule has 1 aromatic heterocycles. The molecule has 0 aromatic carbocycles. The van der Waals surface area contributed by atoms with E-state index in [0.717, 1.165) is 18.8 Å². The van der Waals surface area contributed by atoms with Gasteiger partial charge in [0.2, 0.25) is 11.1 Å². The molecular formula is C13H19ClN4O2. The highest BCUT2D eigenvalue weighted by Crippen LogP contribution is 2.30. The van der Waals surface area contributed by atoms with Crippen LogP contribution in [-0.2, 0) is 0 Å². The van der Waals surface area contributed by atoms with Gasteiger partial charge in [0, 0.05) is 6.54 Å². The smallest absolute Gasteiger partial charge is 0.332 e. The van der Waals surface area contributed by atoms with Crippen LogP contribution < -0.4 is 5.32 Å². The highest BCUT2D eigenvalue weighted by molar-refractivity contribution is 6.28. The van der Waals surface area contributed by atoms with Crippen LogP contribution in [0.15, 0.2) is 0 Å². The summed E-state index contributed by atoms with van der Waals surface area (Å²) in [5, 5.41) is 14.2. The van der Waals surface area contributed by atoms with E-state index in [1.165, 1.54) is 12.8 Å². The standard InChI is InChI=1S/C13H19ClN4O2/c1-8-4-3-5-10(6-8)7-15-12-11(18(19)20)9(2)16-13(14)17-12/h8,10H,3-7H2,1-2H3,(H,15,16,17). The van der Waals surface area contributed by atoms with Crippen molar-refractivity contribution in [2.45, 2.75) is 39.5 Å². The fourth-order valence-corrected chi connectivity index (χ4v) is 3.07. The number of rotatable bonds is 4. The molecule has 2 unspecified atom stereocenters. The normalized spacial score (nSPS) is 22.6. The van der Waals surface area contributed by atoms with Gasteiger partial charge in [-0.25, -0.2) is 4.98 Å². The summed E-state index contributed by atoms with van der Waals surface area (Å²) in [6.07, 6.45) is 4.80. The molecule has 110 valence electrons. The Hall–Kier alpha value is -1.43. The van der Waals surface area contributed by atoms with Crippen LogP contribution in [0.3, 0.4) is 0 Å². The second-order valence-corrected chi connectivity index (χ2v) is 5.89. The maximum atomic E-state index is 11.1. The molecule has 6 nitrogen and oxygen atoms in total. The average molecular weight is 299 g/mol. The maximum absolute atomic E-state index is 11.1. The predicted molar refractivity (Wildman–Crippen MR) is 78.0 cm³/mol. The van der Waals surface area contributed by atoms with Crippen LogP contribution in [0, 0.1) is 28.9 Å². The average Bonchev–Trinajstić information content (AvgIpc) is 2.35. The van der Waals surface area contributed by atoms with Crippen LogP contribution in [-0.4, -0.2) is 21.4 Å². The van der Waals surface area contributed by atoms with Crippen molar-refractivity contribution in [2.24, 2.45) is 11.8 Å². The molecule has 1 aliphatic rings. The molecular weight excluding hydrogens is 280 g/mol. The molecule has 1 fully saturated rings. The van der Waals surface area contributed by atoms with E-state index >= 15 is 0 Å². The predicted octanol–water partition coefficient (Wildman–Crippen LogP) is 3.58. The van der Waals surface area contributed by atoms with Crippen molar-refractivity contribution in [1.82, 2.24) is 9.97 Å². The van der Waals surface area contributed by atoms with E-state index in [0.29, 0.717) is 12.5 Å². The number of halogens is 1. The molecule has 2 atom stereocenters. The van der Waals surface area contributed by atoms with Gasteiger partial charge < -0.3 is 5.32 Å². The Morgan fingerprint density at radius 3 is 2.85 bits per heavy atom. The minimum atomic E-state index is -0.461. The summed E-state index contributed by atoms with van der Waals surface area (Å²) < 4.78 is 0. The Kier molecular flexibility index (Phi) is 4.75. The van der Waals surface area contributed by atoms with Crippen molar-refractivity contribution < 1.29 is 4.92 Å². The zero-order valence-corrected chi connectivity index (χ0v) is 12.5. The summed E-state index contributed by atoms with van der Waals surface area (Å²) in [6, 6.07) is 0. The molecule has 1 heterocycles. The van der Waals surface area contributed by atoms with Gasteiger partial charge in [-0.2, -0.15) is 4.98 Å². The van der Waals surface area contributed by atoms with E-state index in [4.69, 9.17) is 11.6 Å². The molecule has 0 bridgehead atoms. The van der Waals surface area contributed by atoms with Crippen LogP contribution in [0.1, 0.15) is 38.3 Å². The number of nitro groups is 1. The highest BCUT2D eigenvalue weighted by Gasteiger charge is 2.24. The van der Waals surface area contributed by atoms with E-state index in [-0.39, 0.29) is 22.5 Å². The highest BCUT2D eigenvalue weighted by atomic mass is 35.5. The van der Waals surface area contributed by atoms with Crippen LogP contribution in [0.4, 0.5) is 11.5 Å². The lowest BCUT2D eigenvalue weighted by molar-refractivity contribution is -0.385. The lowest BCUT2D eigenvalue weighted by Gasteiger charge is -2.26. The number of nitrogens with zero attached hydrogens (tertiary/aromatic N) is 3. The summed E-state index contributed by atoms with van der Waals surface area (Å²) in [7, 11) is 0. The van der Waals surface area contributed by atoms with Crippen molar-refractivity contribution >= 4 is 23.1 Å². The van der Waals surface area contributed by atoms with Gasteiger partial charge in [0.15, 0.2) is 0 Å². The Bertz CT molecular complexity index is 509. The Labute approximate surface area is 123 Å². The molecule has 1 N–H and O–H groups in total. The topological polar surface area (TPSA) is 81.0 Å². The molecule has 1 aliphatic carbocycles. The number of hydrogen-bond acceptors (Lipinski definition) is 5. The molecule has 0 aliphatic heterocycles. The molecule has 2 rings (SSSR count). The van der Waals surface area contributed by atoms with Gasteiger partial charge in [0.1, 0.15) is 5.69 Å². The minimum absolute atomic E-state index is 0.0348. The first-order valence-electron chi connectivity index (χ1n) is 6.89. The number of anilines is 1. The first-order chi connectivity index (χ1) is 9.47. The van der Waals surface area contributed by atoms with Gasteiger partial charge in [-0.3, -0.25) is 10.1 Å². The van der Waals surface area contributed by atoms with Crippen molar-refractivity contribution in [3.8, 4) is 0 Å². The van der Waals surface area contributed by atoms with Crippen LogP contribution in [0.5, 0.6) is 0 Å². The Morgan fingerprint density at radius 1 is 1.45 bits per heavy atom. The van der Waals surface area contributed by atoms with E-state index in [1.807, 2.05) is 0 Å². The van der Waals surface area contributed by atoms with Gasteiger partial charge in [-0.15, -0.1) is 0 Å². The third-order valence-corrected chi connectivity index (χ3v) is 3.99. The summed E-state index contributed by atoms with van der Waals surface area (Å²) in [6.45, 7) is 4.51. The molecule has 0 amide bonds. The molecule has 1 saturated carbocycles. The second kappa shape index (κ2) is 6.35. The molecule has 1 aromatic rings. The van der Waals surface area contributed by atoms with Crippen molar-refractivity contribution in [2.75, 3.05) is 11.9 Å². The van der Waals surface area contributed by atoms with Crippen molar-refractivity contribution in [1.29, 1.82) is 0 Å². The van der Waals surface area contributed by atoms with Crippen LogP contribution >= 0.6 is 11.6 Å². The molecule has 0 radical (unpaired) electrons. The summed E-state index contributed by atoms with van der Waals surface area (Å²) >= 11 is 5.79. The fraction of sp³-hybridized carbons (Fsp3) is 0.692. The monoisotopic (exact) mass is 298 g/mol. The third-order valence-electron chi connectivity index (χ3n) is 3.82. The van der Waals surface area contributed by atoms with Gasteiger partial charge in [-0.1, -0.05) is 19.8 Å². The zero-order chi connectivity index (χ0) is 14.7. The van der Waals surface area contributed by atoms with Crippen LogP contribution in [0.25, 0.3) is 0 Å². The van der Waals surface area contributed by atoms with E-state index in [9.17, 15) is 10.1 Å². The van der Waals surface area contributed by atoms with Gasteiger partial charge in [0.05, 0.1) is 4.92 Å². The van der Waals surface area contributed by atoms with Crippen molar-refractivity contribution in [3.05, 3.63) is 21.1 Å². The maximum Gasteiger partial charge on any atom is 0.332 e. The first-order valence-corrected chi connectivity index (χ1v) is 7.27. The van der Waals surface area contributed by atoms with Crippen LogP contribution in [0.2, 0.25) is 5.28 Å². The number of aryl methyl sites for hydroxylation is 1. The fourth-order valence-electron chi connectivity index (χ4n) is 2.86. The Balaban J connectivity index is 2.10. The lowest BCUT2D eigenvalue weighted by Crippen LogP contribution is -2.22. The number of aromatic nitrogens is 2. The third kappa shape index (κ3) is 3.56. The van der Waals surface area contributed by atoms with Gasteiger partial charge in [-0.05, 0) is 43.2 Å². The molecule has 0 spiro atoms. The van der Waals surface area contributed by atoms with E-state index < -0.39 is 4.92 Å². The van der Waals surface area contributed by atoms with Gasteiger partial charge >= 0.3 is 5.69 Å². The summed E-state index contributed by atoms with van der Waals surface area (Å²) in [4.78, 5) is 18.4. The number of nitrogens with one attached hydrogen (secondary N) is 1. The largest absolute Gasteiger partial charge is 0.364 e. The molecule has 0 saturated heterocycles.